The topological polar surface area (TPSA) is 110 Å². The standard InChI is InChI=1S/C21H23FN2O6S2.H2/c1-31(26,27)23-21(25)18-9-17(15-7-8-15)20(10-19(18)22)30-13-14-11-24(12-14)32(28,29)16-5-3-2-4-6-16;/h2-6,9-10,14-15H,7-8,11-13H2,1H3,(H,23,25);1H. The zero-order valence-corrected chi connectivity index (χ0v) is 19.0. The highest BCUT2D eigenvalue weighted by atomic mass is 32.2. The Labute approximate surface area is 188 Å². The van der Waals surface area contributed by atoms with Crippen molar-refractivity contribution in [2.45, 2.75) is 23.7 Å². The van der Waals surface area contributed by atoms with Crippen molar-refractivity contribution in [2.75, 3.05) is 26.0 Å². The minimum absolute atomic E-state index is 0. The molecular formula is C21H25FN2O6S2. The number of nitrogens with one attached hydrogen (secondary N) is 1. The molecule has 0 bridgehead atoms. The van der Waals surface area contributed by atoms with Crippen molar-refractivity contribution in [3.8, 4) is 5.75 Å². The zero-order valence-electron chi connectivity index (χ0n) is 17.3. The highest BCUT2D eigenvalue weighted by Crippen LogP contribution is 2.45. The van der Waals surface area contributed by atoms with E-state index < -0.39 is 31.8 Å². The summed E-state index contributed by atoms with van der Waals surface area (Å²) in [6.45, 7) is 0.801. The van der Waals surface area contributed by atoms with E-state index in [1.165, 1.54) is 10.4 Å². The van der Waals surface area contributed by atoms with E-state index in [1.54, 1.807) is 35.1 Å². The Morgan fingerprint density at radius 2 is 1.81 bits per heavy atom. The molecule has 2 aromatic rings. The Bertz CT molecular complexity index is 1250. The number of hydrogen-bond donors (Lipinski definition) is 1. The van der Waals surface area contributed by atoms with Gasteiger partial charge in [-0.25, -0.2) is 25.9 Å². The van der Waals surface area contributed by atoms with E-state index in [4.69, 9.17) is 4.74 Å². The minimum Gasteiger partial charge on any atom is -0.493 e. The monoisotopic (exact) mass is 484 g/mol. The maximum absolute atomic E-state index is 14.5. The van der Waals surface area contributed by atoms with E-state index in [9.17, 15) is 26.0 Å². The molecule has 32 heavy (non-hydrogen) atoms. The molecule has 1 amide bonds. The largest absolute Gasteiger partial charge is 0.493 e. The molecule has 0 spiro atoms. The van der Waals surface area contributed by atoms with Crippen LogP contribution in [0.25, 0.3) is 0 Å². The number of hydrogen-bond acceptors (Lipinski definition) is 6. The molecule has 2 aliphatic rings. The summed E-state index contributed by atoms with van der Waals surface area (Å²) in [6, 6.07) is 10.6. The number of benzene rings is 2. The van der Waals surface area contributed by atoms with Crippen LogP contribution in [0.1, 0.15) is 36.1 Å². The number of carbonyl (C=O) groups is 1. The molecule has 1 saturated heterocycles. The minimum atomic E-state index is -3.82. The predicted molar refractivity (Wildman–Crippen MR) is 117 cm³/mol. The normalized spacial score (nSPS) is 17.6. The fourth-order valence-corrected chi connectivity index (χ4v) is 5.64. The number of amides is 1. The van der Waals surface area contributed by atoms with Gasteiger partial charge in [0.1, 0.15) is 11.6 Å². The summed E-state index contributed by atoms with van der Waals surface area (Å²) in [6.07, 6.45) is 2.55. The summed E-state index contributed by atoms with van der Waals surface area (Å²) in [5.41, 5.74) is 0.298. The van der Waals surface area contributed by atoms with Crippen molar-refractivity contribution in [1.29, 1.82) is 0 Å². The zero-order chi connectivity index (χ0) is 23.1. The van der Waals surface area contributed by atoms with E-state index in [-0.39, 0.29) is 30.3 Å². The molecule has 1 aliphatic heterocycles. The van der Waals surface area contributed by atoms with Gasteiger partial charge in [0.05, 0.1) is 23.3 Å². The van der Waals surface area contributed by atoms with Gasteiger partial charge < -0.3 is 4.74 Å². The molecule has 0 atom stereocenters. The Morgan fingerprint density at radius 3 is 2.41 bits per heavy atom. The fraction of sp³-hybridized carbons (Fsp3) is 0.381. The highest BCUT2D eigenvalue weighted by molar-refractivity contribution is 7.89. The van der Waals surface area contributed by atoms with Crippen LogP contribution in [0, 0.1) is 11.7 Å². The summed E-state index contributed by atoms with van der Waals surface area (Å²) in [5, 5.41) is 0. The van der Waals surface area contributed by atoms with Gasteiger partial charge in [-0.3, -0.25) is 4.79 Å². The van der Waals surface area contributed by atoms with Crippen molar-refractivity contribution in [2.24, 2.45) is 5.92 Å². The van der Waals surface area contributed by atoms with Crippen LogP contribution in [0.2, 0.25) is 0 Å². The number of rotatable bonds is 8. The lowest BCUT2D eigenvalue weighted by molar-refractivity contribution is 0.0977. The third-order valence-electron chi connectivity index (χ3n) is 5.42. The van der Waals surface area contributed by atoms with Crippen LogP contribution >= 0.6 is 0 Å². The van der Waals surface area contributed by atoms with Gasteiger partial charge in [-0.15, -0.1) is 0 Å². The number of nitrogens with zero attached hydrogens (tertiary/aromatic N) is 1. The number of carbonyl (C=O) groups excluding carboxylic acids is 1. The first kappa shape index (κ1) is 22.7. The Hall–Kier alpha value is -2.50. The maximum Gasteiger partial charge on any atom is 0.267 e. The van der Waals surface area contributed by atoms with Crippen LogP contribution in [-0.4, -0.2) is 53.0 Å². The van der Waals surface area contributed by atoms with E-state index in [0.717, 1.165) is 25.2 Å². The quantitative estimate of drug-likeness (QED) is 0.616. The van der Waals surface area contributed by atoms with Gasteiger partial charge in [0.2, 0.25) is 20.0 Å². The molecule has 0 unspecified atom stereocenters. The summed E-state index contributed by atoms with van der Waals surface area (Å²) in [7, 11) is -7.36. The molecule has 11 heteroatoms. The van der Waals surface area contributed by atoms with Crippen LogP contribution < -0.4 is 9.46 Å². The van der Waals surface area contributed by atoms with Crippen molar-refractivity contribution >= 4 is 26.0 Å². The molecule has 0 aromatic heterocycles. The summed E-state index contributed by atoms with van der Waals surface area (Å²) < 4.78 is 71.3. The van der Waals surface area contributed by atoms with E-state index in [1.807, 2.05) is 0 Å². The van der Waals surface area contributed by atoms with Gasteiger partial charge in [0.25, 0.3) is 5.91 Å². The lowest BCUT2D eigenvalue weighted by Gasteiger charge is -2.37. The molecule has 1 saturated carbocycles. The smallest absolute Gasteiger partial charge is 0.267 e. The Balaban J connectivity index is 0.00000306. The third-order valence-corrected chi connectivity index (χ3v) is 7.82. The van der Waals surface area contributed by atoms with Crippen molar-refractivity contribution in [3.05, 3.63) is 59.4 Å². The fourth-order valence-electron chi connectivity index (χ4n) is 3.58. The summed E-state index contributed by atoms with van der Waals surface area (Å²) in [5.74, 6) is -1.54. The van der Waals surface area contributed by atoms with E-state index in [0.29, 0.717) is 24.4 Å². The SMILES string of the molecule is CS(=O)(=O)NC(=O)c1cc(C2CC2)c(OCC2CN(S(=O)(=O)c3ccccc3)C2)cc1F.[HH]. The van der Waals surface area contributed by atoms with E-state index >= 15 is 0 Å². The first-order valence-corrected chi connectivity index (χ1v) is 13.4. The van der Waals surface area contributed by atoms with Crippen molar-refractivity contribution < 1.29 is 32.2 Å². The summed E-state index contributed by atoms with van der Waals surface area (Å²) in [4.78, 5) is 12.4. The number of sulfonamides is 2. The first-order valence-electron chi connectivity index (χ1n) is 10.1. The molecular weight excluding hydrogens is 459 g/mol. The van der Waals surface area contributed by atoms with Gasteiger partial charge in [0.15, 0.2) is 0 Å². The lowest BCUT2D eigenvalue weighted by Crippen LogP contribution is -2.51. The number of ether oxygens (including phenoxy) is 1. The van der Waals surface area contributed by atoms with Crippen LogP contribution in [0.3, 0.4) is 0 Å². The molecule has 8 nitrogen and oxygen atoms in total. The van der Waals surface area contributed by atoms with Crippen LogP contribution in [0.15, 0.2) is 47.4 Å². The summed E-state index contributed by atoms with van der Waals surface area (Å²) >= 11 is 0. The molecule has 2 fully saturated rings. The predicted octanol–water partition coefficient (Wildman–Crippen LogP) is 2.34. The average molecular weight is 485 g/mol. The van der Waals surface area contributed by atoms with Gasteiger partial charge >= 0.3 is 0 Å². The Morgan fingerprint density at radius 1 is 1.16 bits per heavy atom. The van der Waals surface area contributed by atoms with Crippen LogP contribution in [0.4, 0.5) is 4.39 Å². The molecule has 0 radical (unpaired) electrons. The van der Waals surface area contributed by atoms with Crippen molar-refractivity contribution in [1.82, 2.24) is 9.03 Å². The second-order valence-electron chi connectivity index (χ2n) is 8.16. The average Bonchev–Trinajstić information content (AvgIpc) is 3.51. The van der Waals surface area contributed by atoms with E-state index in [2.05, 4.69) is 0 Å². The third kappa shape index (κ3) is 4.94. The maximum atomic E-state index is 14.5. The second kappa shape index (κ2) is 8.45. The highest BCUT2D eigenvalue weighted by Gasteiger charge is 2.37. The van der Waals surface area contributed by atoms with Crippen LogP contribution in [-0.2, 0) is 20.0 Å². The van der Waals surface area contributed by atoms with Gasteiger partial charge in [-0.05, 0) is 42.5 Å². The molecule has 174 valence electrons. The molecule has 1 N–H and O–H groups in total. The van der Waals surface area contributed by atoms with Crippen LogP contribution in [0.5, 0.6) is 5.75 Å². The second-order valence-corrected chi connectivity index (χ2v) is 11.8. The van der Waals surface area contributed by atoms with Gasteiger partial charge in [-0.1, -0.05) is 18.2 Å². The van der Waals surface area contributed by atoms with Crippen molar-refractivity contribution in [3.63, 3.8) is 0 Å². The van der Waals surface area contributed by atoms with Gasteiger partial charge in [-0.2, -0.15) is 4.31 Å². The molecule has 1 aliphatic carbocycles. The molecule has 1 heterocycles. The molecule has 4 rings (SSSR count). The number of halogens is 1. The molecule has 2 aromatic carbocycles. The van der Waals surface area contributed by atoms with Gasteiger partial charge in [0, 0.05) is 26.5 Å². The lowest BCUT2D eigenvalue weighted by atomic mass is 10.0. The Kier molecular flexibility index (Phi) is 5.99. The first-order chi connectivity index (χ1) is 15.0.